The van der Waals surface area contributed by atoms with Crippen molar-refractivity contribution in [3.8, 4) is 0 Å². The molecule has 122 valence electrons. The minimum atomic E-state index is -0.708. The summed E-state index contributed by atoms with van der Waals surface area (Å²) in [5.74, 6) is -0.305. The largest absolute Gasteiger partial charge is 0.462 e. The van der Waals surface area contributed by atoms with Crippen molar-refractivity contribution in [2.24, 2.45) is 0 Å². The van der Waals surface area contributed by atoms with Crippen LogP contribution in [0.4, 0.5) is 0 Å². The first kappa shape index (κ1) is 15.4. The van der Waals surface area contributed by atoms with Crippen molar-refractivity contribution in [2.75, 3.05) is 6.61 Å². The number of ether oxygens (including phenoxy) is 2. The molecule has 0 saturated carbocycles. The van der Waals surface area contributed by atoms with E-state index in [1.54, 1.807) is 0 Å². The van der Waals surface area contributed by atoms with Crippen molar-refractivity contribution in [3.05, 3.63) is 76.3 Å². The lowest BCUT2D eigenvalue weighted by Crippen LogP contribution is -2.32. The van der Waals surface area contributed by atoms with Crippen molar-refractivity contribution in [1.82, 2.24) is 0 Å². The van der Waals surface area contributed by atoms with E-state index < -0.39 is 5.60 Å². The van der Waals surface area contributed by atoms with E-state index in [4.69, 9.17) is 21.1 Å². The highest BCUT2D eigenvalue weighted by molar-refractivity contribution is 6.30. The summed E-state index contributed by atoms with van der Waals surface area (Å²) in [7, 11) is 0. The zero-order valence-corrected chi connectivity index (χ0v) is 14.0. The van der Waals surface area contributed by atoms with Crippen LogP contribution < -0.4 is 0 Å². The van der Waals surface area contributed by atoms with Gasteiger partial charge in [0.15, 0.2) is 0 Å². The van der Waals surface area contributed by atoms with Gasteiger partial charge in [0, 0.05) is 18.4 Å². The maximum atomic E-state index is 11.3. The van der Waals surface area contributed by atoms with Crippen LogP contribution in [0.5, 0.6) is 0 Å². The maximum Gasteiger partial charge on any atom is 0.302 e. The van der Waals surface area contributed by atoms with E-state index in [0.717, 1.165) is 17.5 Å². The predicted octanol–water partition coefficient (Wildman–Crippen LogP) is 4.66. The second-order valence-corrected chi connectivity index (χ2v) is 6.68. The zero-order chi connectivity index (χ0) is 16.7. The third-order valence-corrected chi connectivity index (χ3v) is 4.89. The molecule has 3 nitrogen and oxygen atoms in total. The van der Waals surface area contributed by atoms with E-state index in [9.17, 15) is 4.79 Å². The summed E-state index contributed by atoms with van der Waals surface area (Å²) in [5, 5.41) is 0.715. The van der Waals surface area contributed by atoms with Gasteiger partial charge in [-0.05, 0) is 40.5 Å². The fourth-order valence-corrected chi connectivity index (χ4v) is 3.70. The van der Waals surface area contributed by atoms with Crippen LogP contribution in [0, 0.1) is 0 Å². The lowest BCUT2D eigenvalue weighted by molar-refractivity contribution is -0.152. The van der Waals surface area contributed by atoms with Crippen molar-refractivity contribution < 1.29 is 14.3 Å². The smallest absolute Gasteiger partial charge is 0.302 e. The summed E-state index contributed by atoms with van der Waals surface area (Å²) in [5.41, 5.74) is 3.85. The molecular weight excluding hydrogens is 324 g/mol. The molecule has 4 rings (SSSR count). The summed E-state index contributed by atoms with van der Waals surface area (Å²) in [4.78, 5) is 11.3. The van der Waals surface area contributed by atoms with E-state index in [1.807, 2.05) is 36.4 Å². The SMILES string of the molecule is CC(=O)OC[C@]12C=C(c3ccc(Cl)cc3)C[C@H](O1)c1ccccc12. The number of hydrogen-bond acceptors (Lipinski definition) is 3. The quantitative estimate of drug-likeness (QED) is 0.762. The van der Waals surface area contributed by atoms with Gasteiger partial charge in [0.25, 0.3) is 0 Å². The Morgan fingerprint density at radius 1 is 1.25 bits per heavy atom. The average Bonchev–Trinajstić information content (AvgIpc) is 2.82. The maximum absolute atomic E-state index is 11.3. The topological polar surface area (TPSA) is 35.5 Å². The summed E-state index contributed by atoms with van der Waals surface area (Å²) < 4.78 is 11.6. The molecule has 2 heterocycles. The second kappa shape index (κ2) is 5.76. The molecule has 24 heavy (non-hydrogen) atoms. The number of esters is 1. The third kappa shape index (κ3) is 2.54. The molecule has 0 amide bonds. The Kier molecular flexibility index (Phi) is 3.70. The number of fused-ring (bicyclic) bond motifs is 5. The van der Waals surface area contributed by atoms with Gasteiger partial charge in [-0.25, -0.2) is 0 Å². The predicted molar refractivity (Wildman–Crippen MR) is 92.6 cm³/mol. The van der Waals surface area contributed by atoms with Gasteiger partial charge >= 0.3 is 5.97 Å². The summed E-state index contributed by atoms with van der Waals surface area (Å²) in [6, 6.07) is 16.0. The summed E-state index contributed by atoms with van der Waals surface area (Å²) in [6.07, 6.45) is 2.87. The van der Waals surface area contributed by atoms with Crippen LogP contribution >= 0.6 is 11.6 Å². The first-order chi connectivity index (χ1) is 11.6. The van der Waals surface area contributed by atoms with Gasteiger partial charge in [-0.15, -0.1) is 0 Å². The van der Waals surface area contributed by atoms with Crippen LogP contribution in [0.1, 0.15) is 36.1 Å². The van der Waals surface area contributed by atoms with Crippen LogP contribution in [0.15, 0.2) is 54.6 Å². The zero-order valence-electron chi connectivity index (χ0n) is 13.3. The second-order valence-electron chi connectivity index (χ2n) is 6.24. The molecule has 2 aliphatic rings. The number of halogens is 1. The number of carbonyl (C=O) groups is 1. The summed E-state index contributed by atoms with van der Waals surface area (Å²) in [6.45, 7) is 1.61. The first-order valence-corrected chi connectivity index (χ1v) is 8.33. The van der Waals surface area contributed by atoms with Crippen LogP contribution in [-0.2, 0) is 19.9 Å². The number of rotatable bonds is 3. The van der Waals surface area contributed by atoms with E-state index in [-0.39, 0.29) is 18.7 Å². The minimum absolute atomic E-state index is 0.0209. The lowest BCUT2D eigenvalue weighted by atomic mass is 9.90. The Morgan fingerprint density at radius 3 is 2.75 bits per heavy atom. The highest BCUT2D eigenvalue weighted by atomic mass is 35.5. The van der Waals surface area contributed by atoms with E-state index in [2.05, 4.69) is 18.2 Å². The van der Waals surface area contributed by atoms with Gasteiger partial charge in [0.2, 0.25) is 0 Å². The fraction of sp³-hybridized carbons (Fsp3) is 0.250. The lowest BCUT2D eigenvalue weighted by Gasteiger charge is -2.32. The Balaban J connectivity index is 1.79. The molecule has 0 spiro atoms. The molecule has 2 aliphatic heterocycles. The molecule has 0 aliphatic carbocycles. The Morgan fingerprint density at radius 2 is 2.00 bits per heavy atom. The molecule has 0 saturated heterocycles. The monoisotopic (exact) mass is 340 g/mol. The Bertz CT molecular complexity index is 825. The minimum Gasteiger partial charge on any atom is -0.462 e. The van der Waals surface area contributed by atoms with Crippen molar-refractivity contribution >= 4 is 23.1 Å². The van der Waals surface area contributed by atoms with Crippen LogP contribution in [-0.4, -0.2) is 12.6 Å². The van der Waals surface area contributed by atoms with Crippen LogP contribution in [0.25, 0.3) is 5.57 Å². The average molecular weight is 341 g/mol. The molecule has 2 bridgehead atoms. The number of hydrogen-bond donors (Lipinski definition) is 0. The standard InChI is InChI=1S/C20H17ClO3/c1-13(22)23-12-20-11-15(14-6-8-16(21)9-7-14)10-19(24-20)17-4-2-3-5-18(17)20/h2-9,11,19H,10,12H2,1H3/t19-,20-/m0/s1. The van der Waals surface area contributed by atoms with Gasteiger partial charge in [0.1, 0.15) is 12.2 Å². The van der Waals surface area contributed by atoms with Gasteiger partial charge in [-0.2, -0.15) is 0 Å². The van der Waals surface area contributed by atoms with Crippen molar-refractivity contribution in [2.45, 2.75) is 25.0 Å². The molecule has 2 aromatic rings. The molecule has 0 fully saturated rings. The van der Waals surface area contributed by atoms with Crippen LogP contribution in [0.2, 0.25) is 5.02 Å². The van der Waals surface area contributed by atoms with Crippen molar-refractivity contribution in [1.29, 1.82) is 0 Å². The Labute approximate surface area is 145 Å². The molecule has 0 N–H and O–H groups in total. The van der Waals surface area contributed by atoms with Gasteiger partial charge in [0.05, 0.1) is 6.10 Å². The first-order valence-electron chi connectivity index (χ1n) is 7.96. The van der Waals surface area contributed by atoms with E-state index >= 15 is 0 Å². The molecule has 4 heteroatoms. The van der Waals surface area contributed by atoms with Gasteiger partial charge in [-0.1, -0.05) is 48.0 Å². The third-order valence-electron chi connectivity index (χ3n) is 4.63. The molecule has 0 unspecified atom stereocenters. The number of carbonyl (C=O) groups excluding carboxylic acids is 1. The van der Waals surface area contributed by atoms with Gasteiger partial charge in [-0.3, -0.25) is 4.79 Å². The van der Waals surface area contributed by atoms with Gasteiger partial charge < -0.3 is 9.47 Å². The van der Waals surface area contributed by atoms with E-state index in [1.165, 1.54) is 18.1 Å². The molecular formula is C20H17ClO3. The highest BCUT2D eigenvalue weighted by Gasteiger charge is 2.47. The number of benzene rings is 2. The molecule has 2 atom stereocenters. The van der Waals surface area contributed by atoms with Crippen LogP contribution in [0.3, 0.4) is 0 Å². The molecule has 2 aromatic carbocycles. The normalized spacial score (nSPS) is 24.2. The summed E-state index contributed by atoms with van der Waals surface area (Å²) >= 11 is 6.00. The van der Waals surface area contributed by atoms with Crippen molar-refractivity contribution in [3.63, 3.8) is 0 Å². The fourth-order valence-electron chi connectivity index (χ4n) is 3.57. The van der Waals surface area contributed by atoms with E-state index in [0.29, 0.717) is 5.02 Å². The highest BCUT2D eigenvalue weighted by Crippen LogP contribution is 2.52. The molecule has 0 aromatic heterocycles. The Hall–Kier alpha value is -2.10. The molecule has 0 radical (unpaired) electrons.